The second kappa shape index (κ2) is 7.17. The predicted molar refractivity (Wildman–Crippen MR) is 113 cm³/mol. The molecule has 142 valence electrons. The molecular formula is C22H20ClN3O2. The van der Waals surface area contributed by atoms with Gasteiger partial charge < -0.3 is 13.8 Å². The summed E-state index contributed by atoms with van der Waals surface area (Å²) in [5.74, 6) is 1.56. The van der Waals surface area contributed by atoms with Gasteiger partial charge in [0, 0.05) is 29.8 Å². The summed E-state index contributed by atoms with van der Waals surface area (Å²) in [4.78, 5) is 4.59. The van der Waals surface area contributed by atoms with Crippen LogP contribution in [0.25, 0.3) is 39.8 Å². The Hall–Kier alpha value is -3.05. The van der Waals surface area contributed by atoms with Gasteiger partial charge in [0.2, 0.25) is 5.82 Å². The van der Waals surface area contributed by atoms with Crippen molar-refractivity contribution < 1.29 is 9.26 Å². The van der Waals surface area contributed by atoms with Crippen LogP contribution in [0.4, 0.5) is 0 Å². The molecule has 0 aliphatic heterocycles. The average molecular weight is 394 g/mol. The van der Waals surface area contributed by atoms with E-state index in [4.69, 9.17) is 20.9 Å². The maximum atomic E-state index is 6.34. The molecule has 2 heterocycles. The molecule has 4 rings (SSSR count). The van der Waals surface area contributed by atoms with E-state index in [0.717, 1.165) is 27.6 Å². The highest BCUT2D eigenvalue weighted by Crippen LogP contribution is 2.33. The number of rotatable bonds is 5. The van der Waals surface area contributed by atoms with Crippen LogP contribution >= 0.6 is 11.6 Å². The number of benzene rings is 2. The maximum absolute atomic E-state index is 6.34. The summed E-state index contributed by atoms with van der Waals surface area (Å²) in [5, 5.41) is 5.79. The van der Waals surface area contributed by atoms with Crippen molar-refractivity contribution in [3.05, 3.63) is 59.8 Å². The van der Waals surface area contributed by atoms with Gasteiger partial charge in [0.1, 0.15) is 5.75 Å². The number of aromatic nitrogens is 3. The molecule has 0 aliphatic rings. The molecule has 0 amide bonds. The quantitative estimate of drug-likeness (QED) is 0.418. The van der Waals surface area contributed by atoms with Gasteiger partial charge in [0.15, 0.2) is 0 Å². The second-order valence-corrected chi connectivity index (χ2v) is 7.24. The molecule has 6 heteroatoms. The zero-order valence-corrected chi connectivity index (χ0v) is 16.7. The van der Waals surface area contributed by atoms with E-state index in [1.807, 2.05) is 62.0 Å². The topological polar surface area (TPSA) is 53.1 Å². The van der Waals surface area contributed by atoms with Gasteiger partial charge in [-0.3, -0.25) is 0 Å². The van der Waals surface area contributed by atoms with Crippen LogP contribution < -0.4 is 4.74 Å². The van der Waals surface area contributed by atoms with Crippen molar-refractivity contribution in [2.24, 2.45) is 7.05 Å². The molecule has 0 saturated carbocycles. The molecule has 0 unspecified atom stereocenters. The minimum atomic E-state index is 0.0459. The van der Waals surface area contributed by atoms with Gasteiger partial charge in [-0.15, -0.1) is 0 Å². The number of para-hydroxylation sites is 1. The summed E-state index contributed by atoms with van der Waals surface area (Å²) in [6.07, 6.45) is 3.93. The Morgan fingerprint density at radius 2 is 2.07 bits per heavy atom. The first-order chi connectivity index (χ1) is 13.5. The third-order valence-corrected chi connectivity index (χ3v) is 4.76. The van der Waals surface area contributed by atoms with Crippen molar-refractivity contribution in [3.8, 4) is 28.6 Å². The van der Waals surface area contributed by atoms with E-state index in [1.54, 1.807) is 6.07 Å². The van der Waals surface area contributed by atoms with Crippen LogP contribution in [-0.2, 0) is 7.05 Å². The second-order valence-electron chi connectivity index (χ2n) is 6.84. The molecule has 28 heavy (non-hydrogen) atoms. The van der Waals surface area contributed by atoms with Crippen molar-refractivity contribution >= 4 is 28.6 Å². The van der Waals surface area contributed by atoms with Crippen LogP contribution in [0.5, 0.6) is 5.75 Å². The first-order valence-corrected chi connectivity index (χ1v) is 9.37. The van der Waals surface area contributed by atoms with E-state index in [9.17, 15) is 0 Å². The van der Waals surface area contributed by atoms with E-state index in [1.165, 1.54) is 0 Å². The molecule has 0 spiro atoms. The van der Waals surface area contributed by atoms with Gasteiger partial charge in [-0.25, -0.2) is 0 Å². The Balaban J connectivity index is 1.75. The van der Waals surface area contributed by atoms with Crippen molar-refractivity contribution in [2.75, 3.05) is 0 Å². The zero-order chi connectivity index (χ0) is 19.8. The van der Waals surface area contributed by atoms with E-state index >= 15 is 0 Å². The van der Waals surface area contributed by atoms with Gasteiger partial charge in [0.25, 0.3) is 5.89 Å². The van der Waals surface area contributed by atoms with Gasteiger partial charge in [-0.1, -0.05) is 41.5 Å². The van der Waals surface area contributed by atoms with Crippen molar-refractivity contribution in [1.29, 1.82) is 0 Å². The van der Waals surface area contributed by atoms with Gasteiger partial charge in [-0.05, 0) is 43.7 Å². The number of hydrogen-bond donors (Lipinski definition) is 0. The lowest BCUT2D eigenvalue weighted by atomic mass is 10.1. The standard InChI is InChI=1S/C22H20ClN3O2/c1-5-14-12-26(4)20-16(14)7-6-8-17(20)21-24-22(28-25-21)15-9-10-19(18(23)11-15)27-13(2)3/h5-13H,1H2,2-4H3. The first-order valence-electron chi connectivity index (χ1n) is 8.99. The van der Waals surface area contributed by atoms with Crippen molar-refractivity contribution in [3.63, 3.8) is 0 Å². The summed E-state index contributed by atoms with van der Waals surface area (Å²) < 4.78 is 13.2. The SMILES string of the molecule is C=Cc1cn(C)c2c(-c3noc(-c4ccc(OC(C)C)c(Cl)c4)n3)cccc12. The smallest absolute Gasteiger partial charge is 0.258 e. The summed E-state index contributed by atoms with van der Waals surface area (Å²) in [6, 6.07) is 11.5. The Morgan fingerprint density at radius 1 is 1.25 bits per heavy atom. The number of nitrogens with zero attached hydrogens (tertiary/aromatic N) is 3. The minimum Gasteiger partial charge on any atom is -0.489 e. The van der Waals surface area contributed by atoms with Crippen LogP contribution in [0.3, 0.4) is 0 Å². The molecule has 0 bridgehead atoms. The fourth-order valence-corrected chi connectivity index (χ4v) is 3.50. The molecule has 4 aromatic rings. The number of ether oxygens (including phenoxy) is 1. The third-order valence-electron chi connectivity index (χ3n) is 4.46. The highest BCUT2D eigenvalue weighted by atomic mass is 35.5. The first kappa shape index (κ1) is 18.3. The molecule has 2 aromatic carbocycles. The normalized spacial score (nSPS) is 11.3. The van der Waals surface area contributed by atoms with E-state index in [2.05, 4.69) is 22.8 Å². The number of aryl methyl sites for hydroxylation is 1. The highest BCUT2D eigenvalue weighted by molar-refractivity contribution is 6.32. The summed E-state index contributed by atoms with van der Waals surface area (Å²) in [7, 11) is 1.99. The monoisotopic (exact) mass is 393 g/mol. The van der Waals surface area contributed by atoms with Crippen LogP contribution in [0.1, 0.15) is 19.4 Å². The van der Waals surface area contributed by atoms with E-state index in [0.29, 0.717) is 22.5 Å². The number of hydrogen-bond acceptors (Lipinski definition) is 4. The summed E-state index contributed by atoms with van der Waals surface area (Å²) in [5.41, 5.74) is 3.73. The molecule has 0 aliphatic carbocycles. The highest BCUT2D eigenvalue weighted by Gasteiger charge is 2.17. The molecule has 2 aromatic heterocycles. The third kappa shape index (κ3) is 3.18. The van der Waals surface area contributed by atoms with Gasteiger partial charge in [0.05, 0.1) is 16.6 Å². The Labute approximate surface area is 168 Å². The average Bonchev–Trinajstić information content (AvgIpc) is 3.28. The van der Waals surface area contributed by atoms with E-state index in [-0.39, 0.29) is 6.10 Å². The van der Waals surface area contributed by atoms with Crippen molar-refractivity contribution in [2.45, 2.75) is 20.0 Å². The molecule has 5 nitrogen and oxygen atoms in total. The maximum Gasteiger partial charge on any atom is 0.258 e. The van der Waals surface area contributed by atoms with Crippen LogP contribution in [-0.4, -0.2) is 20.8 Å². The fourth-order valence-electron chi connectivity index (χ4n) is 3.28. The minimum absolute atomic E-state index is 0.0459. The molecule has 0 radical (unpaired) electrons. The fraction of sp³-hybridized carbons (Fsp3) is 0.182. The summed E-state index contributed by atoms with van der Waals surface area (Å²) >= 11 is 6.34. The Morgan fingerprint density at radius 3 is 2.79 bits per heavy atom. The van der Waals surface area contributed by atoms with Crippen LogP contribution in [0.2, 0.25) is 5.02 Å². The molecular weight excluding hydrogens is 374 g/mol. The van der Waals surface area contributed by atoms with Gasteiger partial charge in [-0.2, -0.15) is 4.98 Å². The summed E-state index contributed by atoms with van der Waals surface area (Å²) in [6.45, 7) is 7.80. The largest absolute Gasteiger partial charge is 0.489 e. The molecule has 0 N–H and O–H groups in total. The molecule has 0 fully saturated rings. The lowest BCUT2D eigenvalue weighted by Gasteiger charge is -2.11. The lowest BCUT2D eigenvalue weighted by molar-refractivity contribution is 0.242. The van der Waals surface area contributed by atoms with Gasteiger partial charge >= 0.3 is 0 Å². The number of halogens is 1. The Kier molecular flexibility index (Phi) is 4.69. The number of fused-ring (bicyclic) bond motifs is 1. The Bertz CT molecular complexity index is 1170. The van der Waals surface area contributed by atoms with Crippen LogP contribution in [0.15, 0.2) is 53.7 Å². The molecule has 0 atom stereocenters. The van der Waals surface area contributed by atoms with Crippen LogP contribution in [0, 0.1) is 0 Å². The zero-order valence-electron chi connectivity index (χ0n) is 15.9. The van der Waals surface area contributed by atoms with E-state index < -0.39 is 0 Å². The van der Waals surface area contributed by atoms with Crippen molar-refractivity contribution in [1.82, 2.24) is 14.7 Å². The lowest BCUT2D eigenvalue weighted by Crippen LogP contribution is -2.05. The predicted octanol–water partition coefficient (Wildman–Crippen LogP) is 5.98. The molecule has 0 saturated heterocycles.